The van der Waals surface area contributed by atoms with E-state index in [1.54, 1.807) is 6.33 Å². The Morgan fingerprint density at radius 1 is 1.31 bits per heavy atom. The van der Waals surface area contributed by atoms with E-state index in [1.165, 1.54) is 11.5 Å². The first-order valence-corrected chi connectivity index (χ1v) is 6.03. The predicted molar refractivity (Wildman–Crippen MR) is 63.3 cm³/mol. The standard InChI is InChI=1S/C10H15N5S/c1-5-7-8(16-14-12-7)9-13-11-6-15(9)10(2,3)4/h6H,5H2,1-4H3. The highest BCUT2D eigenvalue weighted by atomic mass is 32.1. The van der Waals surface area contributed by atoms with Gasteiger partial charge in [0.25, 0.3) is 0 Å². The summed E-state index contributed by atoms with van der Waals surface area (Å²) < 4.78 is 6.04. The van der Waals surface area contributed by atoms with Gasteiger partial charge in [0.1, 0.15) is 11.2 Å². The highest BCUT2D eigenvalue weighted by Crippen LogP contribution is 2.28. The molecule has 0 aliphatic heterocycles. The fourth-order valence-corrected chi connectivity index (χ4v) is 2.22. The summed E-state index contributed by atoms with van der Waals surface area (Å²) in [6.45, 7) is 8.44. The van der Waals surface area contributed by atoms with Crippen LogP contribution in [0.15, 0.2) is 6.33 Å². The normalized spacial score (nSPS) is 12.0. The number of nitrogens with zero attached hydrogens (tertiary/aromatic N) is 5. The van der Waals surface area contributed by atoms with Crippen LogP contribution in [-0.2, 0) is 12.0 Å². The van der Waals surface area contributed by atoms with Gasteiger partial charge in [-0.05, 0) is 38.7 Å². The average Bonchev–Trinajstić information content (AvgIpc) is 2.84. The Hall–Kier alpha value is -1.30. The van der Waals surface area contributed by atoms with E-state index < -0.39 is 0 Å². The third-order valence-electron chi connectivity index (χ3n) is 2.36. The van der Waals surface area contributed by atoms with Crippen molar-refractivity contribution in [2.75, 3.05) is 0 Å². The molecule has 0 spiro atoms. The van der Waals surface area contributed by atoms with E-state index in [0.717, 1.165) is 22.8 Å². The minimum absolute atomic E-state index is 0.0339. The van der Waals surface area contributed by atoms with Crippen molar-refractivity contribution in [1.29, 1.82) is 0 Å². The maximum absolute atomic E-state index is 4.18. The van der Waals surface area contributed by atoms with Gasteiger partial charge in [0.15, 0.2) is 5.82 Å². The molecule has 2 rings (SSSR count). The van der Waals surface area contributed by atoms with E-state index in [0.29, 0.717) is 0 Å². The maximum Gasteiger partial charge on any atom is 0.177 e. The van der Waals surface area contributed by atoms with Crippen LogP contribution in [-0.4, -0.2) is 24.4 Å². The van der Waals surface area contributed by atoms with E-state index in [1.807, 2.05) is 0 Å². The topological polar surface area (TPSA) is 56.5 Å². The lowest BCUT2D eigenvalue weighted by Crippen LogP contribution is -2.21. The summed E-state index contributed by atoms with van der Waals surface area (Å²) in [4.78, 5) is 1.02. The van der Waals surface area contributed by atoms with Crippen molar-refractivity contribution in [3.05, 3.63) is 12.0 Å². The lowest BCUT2D eigenvalue weighted by atomic mass is 10.1. The van der Waals surface area contributed by atoms with Gasteiger partial charge in [-0.2, -0.15) is 0 Å². The van der Waals surface area contributed by atoms with Gasteiger partial charge in [0.2, 0.25) is 0 Å². The molecule has 0 radical (unpaired) electrons. The molecule has 86 valence electrons. The molecule has 0 aliphatic rings. The highest BCUT2D eigenvalue weighted by Gasteiger charge is 2.22. The van der Waals surface area contributed by atoms with E-state index >= 15 is 0 Å². The molecule has 0 atom stereocenters. The molecule has 0 N–H and O–H groups in total. The van der Waals surface area contributed by atoms with E-state index in [4.69, 9.17) is 0 Å². The molecule has 0 saturated carbocycles. The predicted octanol–water partition coefficient (Wildman–Crippen LogP) is 2.11. The summed E-state index contributed by atoms with van der Waals surface area (Å²) in [5.41, 5.74) is 0.955. The molecule has 2 aromatic heterocycles. The first-order valence-electron chi connectivity index (χ1n) is 5.26. The minimum Gasteiger partial charge on any atom is -0.307 e. The molecule has 0 saturated heterocycles. The third-order valence-corrected chi connectivity index (χ3v) is 3.13. The third kappa shape index (κ3) is 1.84. The summed E-state index contributed by atoms with van der Waals surface area (Å²) in [7, 11) is 0. The van der Waals surface area contributed by atoms with Gasteiger partial charge >= 0.3 is 0 Å². The second-order valence-electron chi connectivity index (χ2n) is 4.60. The van der Waals surface area contributed by atoms with Gasteiger partial charge in [-0.3, -0.25) is 0 Å². The fourth-order valence-electron chi connectivity index (χ4n) is 1.49. The molecule has 0 bridgehead atoms. The van der Waals surface area contributed by atoms with Gasteiger partial charge in [-0.15, -0.1) is 15.3 Å². The Morgan fingerprint density at radius 2 is 2.06 bits per heavy atom. The number of aryl methyl sites for hydroxylation is 1. The van der Waals surface area contributed by atoms with Crippen molar-refractivity contribution in [3.8, 4) is 10.7 Å². The average molecular weight is 237 g/mol. The second kappa shape index (κ2) is 3.93. The summed E-state index contributed by atoms with van der Waals surface area (Å²) in [5, 5.41) is 12.3. The maximum atomic E-state index is 4.18. The molecule has 0 aliphatic carbocycles. The van der Waals surface area contributed by atoms with Crippen LogP contribution in [0.1, 0.15) is 33.4 Å². The van der Waals surface area contributed by atoms with Gasteiger partial charge in [-0.25, -0.2) is 0 Å². The monoisotopic (exact) mass is 237 g/mol. The van der Waals surface area contributed by atoms with Crippen molar-refractivity contribution in [1.82, 2.24) is 24.4 Å². The van der Waals surface area contributed by atoms with Crippen LogP contribution >= 0.6 is 11.5 Å². The molecular formula is C10H15N5S. The molecular weight excluding hydrogens is 222 g/mol. The van der Waals surface area contributed by atoms with Crippen molar-refractivity contribution >= 4 is 11.5 Å². The smallest absolute Gasteiger partial charge is 0.177 e. The van der Waals surface area contributed by atoms with Gasteiger partial charge in [0.05, 0.1) is 5.69 Å². The molecule has 5 nitrogen and oxygen atoms in total. The Kier molecular flexibility index (Phi) is 2.75. The summed E-state index contributed by atoms with van der Waals surface area (Å²) in [6, 6.07) is 0. The molecule has 2 aromatic rings. The Labute approximate surface area is 98.7 Å². The number of rotatable bonds is 2. The molecule has 6 heteroatoms. The quantitative estimate of drug-likeness (QED) is 0.802. The van der Waals surface area contributed by atoms with Crippen LogP contribution in [0.5, 0.6) is 0 Å². The fraction of sp³-hybridized carbons (Fsp3) is 0.600. The van der Waals surface area contributed by atoms with Crippen LogP contribution in [0.4, 0.5) is 0 Å². The molecule has 0 amide bonds. The van der Waals surface area contributed by atoms with Gasteiger partial charge < -0.3 is 4.57 Å². The summed E-state index contributed by atoms with van der Waals surface area (Å²) in [5.74, 6) is 0.861. The van der Waals surface area contributed by atoms with Crippen LogP contribution in [0.25, 0.3) is 10.7 Å². The lowest BCUT2D eigenvalue weighted by molar-refractivity contribution is 0.400. The zero-order chi connectivity index (χ0) is 11.8. The minimum atomic E-state index is -0.0339. The highest BCUT2D eigenvalue weighted by molar-refractivity contribution is 7.09. The van der Waals surface area contributed by atoms with E-state index in [2.05, 4.69) is 52.0 Å². The van der Waals surface area contributed by atoms with Gasteiger partial charge in [0, 0.05) is 5.54 Å². The van der Waals surface area contributed by atoms with E-state index in [-0.39, 0.29) is 5.54 Å². The number of hydrogen-bond donors (Lipinski definition) is 0. The van der Waals surface area contributed by atoms with Crippen molar-refractivity contribution < 1.29 is 0 Å². The molecule has 0 unspecified atom stereocenters. The zero-order valence-corrected chi connectivity index (χ0v) is 10.7. The largest absolute Gasteiger partial charge is 0.307 e. The first kappa shape index (κ1) is 11.2. The van der Waals surface area contributed by atoms with Crippen molar-refractivity contribution in [2.45, 2.75) is 39.7 Å². The molecule has 0 fully saturated rings. The number of aromatic nitrogens is 5. The van der Waals surface area contributed by atoms with E-state index in [9.17, 15) is 0 Å². The second-order valence-corrected chi connectivity index (χ2v) is 5.35. The van der Waals surface area contributed by atoms with Crippen LogP contribution in [0.2, 0.25) is 0 Å². The SMILES string of the molecule is CCc1nnsc1-c1nncn1C(C)(C)C. The van der Waals surface area contributed by atoms with Crippen molar-refractivity contribution in [3.63, 3.8) is 0 Å². The summed E-state index contributed by atoms with van der Waals surface area (Å²) in [6.07, 6.45) is 2.62. The van der Waals surface area contributed by atoms with Crippen LogP contribution in [0, 0.1) is 0 Å². The molecule has 2 heterocycles. The zero-order valence-electron chi connectivity index (χ0n) is 9.93. The molecule has 0 aromatic carbocycles. The number of hydrogen-bond acceptors (Lipinski definition) is 5. The van der Waals surface area contributed by atoms with Crippen LogP contribution in [0.3, 0.4) is 0 Å². The first-order chi connectivity index (χ1) is 7.54. The Bertz CT molecular complexity index is 479. The summed E-state index contributed by atoms with van der Waals surface area (Å²) >= 11 is 1.38. The Morgan fingerprint density at radius 3 is 2.69 bits per heavy atom. The van der Waals surface area contributed by atoms with Crippen molar-refractivity contribution in [2.24, 2.45) is 0 Å². The van der Waals surface area contributed by atoms with Crippen LogP contribution < -0.4 is 0 Å². The van der Waals surface area contributed by atoms with Gasteiger partial charge in [-0.1, -0.05) is 11.4 Å². The lowest BCUT2D eigenvalue weighted by Gasteiger charge is -2.21. The molecule has 16 heavy (non-hydrogen) atoms. The Balaban J connectivity index is 2.53.